The van der Waals surface area contributed by atoms with Crippen molar-refractivity contribution in [2.45, 2.75) is 23.4 Å². The van der Waals surface area contributed by atoms with Crippen LogP contribution in [0.25, 0.3) is 0 Å². The Morgan fingerprint density at radius 1 is 1.41 bits per heavy atom. The summed E-state index contributed by atoms with van der Waals surface area (Å²) in [6.45, 7) is 2.81. The van der Waals surface area contributed by atoms with Crippen molar-refractivity contribution in [3.05, 3.63) is 35.7 Å². The highest BCUT2D eigenvalue weighted by atomic mass is 32.2. The van der Waals surface area contributed by atoms with Crippen LogP contribution in [0.3, 0.4) is 0 Å². The number of hydrogen-bond acceptors (Lipinski definition) is 4. The minimum Gasteiger partial charge on any atom is -0.330 e. The molecule has 2 rings (SSSR count). The van der Waals surface area contributed by atoms with Crippen molar-refractivity contribution in [2.24, 2.45) is 12.8 Å². The highest BCUT2D eigenvalue weighted by Gasteiger charge is 2.05. The molecule has 0 aliphatic heterocycles. The molecule has 0 amide bonds. The smallest absolute Gasteiger partial charge is 0.190 e. The lowest BCUT2D eigenvalue weighted by Crippen LogP contribution is -2.04. The molecule has 2 N–H and O–H groups in total. The van der Waals surface area contributed by atoms with E-state index in [9.17, 15) is 0 Å². The van der Waals surface area contributed by atoms with Gasteiger partial charge in [-0.25, -0.2) is 9.67 Å². The zero-order valence-electron chi connectivity index (χ0n) is 10.1. The summed E-state index contributed by atoms with van der Waals surface area (Å²) in [5, 5.41) is 4.95. The molecule has 0 aliphatic rings. The van der Waals surface area contributed by atoms with Gasteiger partial charge in [-0.3, -0.25) is 0 Å². The fourth-order valence-electron chi connectivity index (χ4n) is 1.65. The number of aromatic nitrogens is 3. The predicted octanol–water partition coefficient (Wildman–Crippen LogP) is 1.78. The molecule has 2 aromatic rings. The third-order valence-corrected chi connectivity index (χ3v) is 3.65. The number of nitrogens with two attached hydrogens (primary N) is 1. The van der Waals surface area contributed by atoms with Crippen LogP contribution in [-0.4, -0.2) is 21.3 Å². The van der Waals surface area contributed by atoms with Crippen molar-refractivity contribution in [3.8, 4) is 0 Å². The molecular weight excluding hydrogens is 232 g/mol. The van der Waals surface area contributed by atoms with Gasteiger partial charge in [-0.2, -0.15) is 5.10 Å². The fourth-order valence-corrected chi connectivity index (χ4v) is 2.51. The molecule has 0 spiro atoms. The molecule has 0 saturated carbocycles. The zero-order valence-corrected chi connectivity index (χ0v) is 10.9. The van der Waals surface area contributed by atoms with E-state index in [1.54, 1.807) is 22.8 Å². The molecule has 0 aliphatic carbocycles. The van der Waals surface area contributed by atoms with Gasteiger partial charge in [-0.1, -0.05) is 17.8 Å². The molecule has 5 heteroatoms. The van der Waals surface area contributed by atoms with Crippen LogP contribution in [-0.2, 0) is 13.5 Å². The Morgan fingerprint density at radius 2 is 2.24 bits per heavy atom. The van der Waals surface area contributed by atoms with Crippen molar-refractivity contribution in [3.63, 3.8) is 0 Å². The molecule has 1 heterocycles. The Bertz CT molecular complexity index is 507. The zero-order chi connectivity index (χ0) is 12.3. The maximum atomic E-state index is 5.57. The summed E-state index contributed by atoms with van der Waals surface area (Å²) < 4.78 is 1.77. The number of rotatable bonds is 4. The van der Waals surface area contributed by atoms with Crippen molar-refractivity contribution >= 4 is 11.8 Å². The molecule has 0 fully saturated rings. The minimum atomic E-state index is 0.691. The van der Waals surface area contributed by atoms with Gasteiger partial charge >= 0.3 is 0 Å². The first-order valence-corrected chi connectivity index (χ1v) is 6.34. The van der Waals surface area contributed by atoms with Crippen LogP contribution < -0.4 is 5.73 Å². The van der Waals surface area contributed by atoms with Crippen molar-refractivity contribution in [2.75, 3.05) is 6.54 Å². The molecule has 0 bridgehead atoms. The molecule has 0 saturated heterocycles. The van der Waals surface area contributed by atoms with E-state index in [0.717, 1.165) is 11.6 Å². The highest BCUT2D eigenvalue weighted by Crippen LogP contribution is 2.26. The molecule has 0 radical (unpaired) electrons. The van der Waals surface area contributed by atoms with Crippen LogP contribution in [0, 0.1) is 6.92 Å². The second-order valence-electron chi connectivity index (χ2n) is 3.90. The van der Waals surface area contributed by atoms with Gasteiger partial charge < -0.3 is 5.73 Å². The molecular formula is C12H16N4S. The van der Waals surface area contributed by atoms with E-state index in [4.69, 9.17) is 5.73 Å². The van der Waals surface area contributed by atoms with Crippen LogP contribution in [0.2, 0.25) is 0 Å². The number of benzene rings is 1. The summed E-state index contributed by atoms with van der Waals surface area (Å²) in [6, 6.07) is 6.42. The van der Waals surface area contributed by atoms with Gasteiger partial charge in [0, 0.05) is 11.9 Å². The average Bonchev–Trinajstić information content (AvgIpc) is 2.69. The van der Waals surface area contributed by atoms with Gasteiger partial charge in [0.05, 0.1) is 0 Å². The predicted molar refractivity (Wildman–Crippen MR) is 69.1 cm³/mol. The lowest BCUT2D eigenvalue weighted by molar-refractivity contribution is 0.685. The molecule has 90 valence electrons. The lowest BCUT2D eigenvalue weighted by Gasteiger charge is -2.07. The lowest BCUT2D eigenvalue weighted by atomic mass is 10.1. The Labute approximate surface area is 105 Å². The second-order valence-corrected chi connectivity index (χ2v) is 4.94. The SMILES string of the molecule is Cc1cc(Sc2ncnn2C)ccc1CCN. The van der Waals surface area contributed by atoms with E-state index in [1.165, 1.54) is 16.0 Å². The van der Waals surface area contributed by atoms with Gasteiger partial charge in [0.1, 0.15) is 6.33 Å². The van der Waals surface area contributed by atoms with Crippen LogP contribution in [0.4, 0.5) is 0 Å². The van der Waals surface area contributed by atoms with E-state index in [2.05, 4.69) is 35.2 Å². The largest absolute Gasteiger partial charge is 0.330 e. The van der Waals surface area contributed by atoms with E-state index in [0.29, 0.717) is 6.54 Å². The van der Waals surface area contributed by atoms with Gasteiger partial charge in [0.25, 0.3) is 0 Å². The molecule has 17 heavy (non-hydrogen) atoms. The first-order valence-electron chi connectivity index (χ1n) is 5.52. The first kappa shape index (κ1) is 12.1. The average molecular weight is 248 g/mol. The van der Waals surface area contributed by atoms with Crippen LogP contribution in [0.5, 0.6) is 0 Å². The monoisotopic (exact) mass is 248 g/mol. The van der Waals surface area contributed by atoms with E-state index in [-0.39, 0.29) is 0 Å². The third-order valence-electron chi connectivity index (χ3n) is 2.61. The Balaban J connectivity index is 2.18. The van der Waals surface area contributed by atoms with Crippen LogP contribution >= 0.6 is 11.8 Å². The maximum Gasteiger partial charge on any atom is 0.190 e. The molecule has 0 unspecified atom stereocenters. The molecule has 1 aromatic heterocycles. The highest BCUT2D eigenvalue weighted by molar-refractivity contribution is 7.99. The summed E-state index contributed by atoms with van der Waals surface area (Å²) in [5.74, 6) is 0. The summed E-state index contributed by atoms with van der Waals surface area (Å²) in [4.78, 5) is 5.37. The summed E-state index contributed by atoms with van der Waals surface area (Å²) >= 11 is 1.62. The van der Waals surface area contributed by atoms with E-state index >= 15 is 0 Å². The number of aryl methyl sites for hydroxylation is 2. The molecule has 0 atom stereocenters. The van der Waals surface area contributed by atoms with Crippen molar-refractivity contribution in [1.82, 2.24) is 14.8 Å². The minimum absolute atomic E-state index is 0.691. The Morgan fingerprint density at radius 3 is 2.82 bits per heavy atom. The number of nitrogens with zero attached hydrogens (tertiary/aromatic N) is 3. The second kappa shape index (κ2) is 5.33. The van der Waals surface area contributed by atoms with Crippen LogP contribution in [0.15, 0.2) is 34.6 Å². The van der Waals surface area contributed by atoms with Crippen molar-refractivity contribution < 1.29 is 0 Å². The van der Waals surface area contributed by atoms with Gasteiger partial charge in [-0.15, -0.1) is 0 Å². The normalized spacial score (nSPS) is 10.8. The Kier molecular flexibility index (Phi) is 3.81. The van der Waals surface area contributed by atoms with Crippen LogP contribution in [0.1, 0.15) is 11.1 Å². The number of hydrogen-bond donors (Lipinski definition) is 1. The molecule has 1 aromatic carbocycles. The van der Waals surface area contributed by atoms with Gasteiger partial charge in [0.15, 0.2) is 5.16 Å². The van der Waals surface area contributed by atoms with E-state index in [1.807, 2.05) is 7.05 Å². The summed E-state index contributed by atoms with van der Waals surface area (Å²) in [7, 11) is 1.89. The maximum absolute atomic E-state index is 5.57. The summed E-state index contributed by atoms with van der Waals surface area (Å²) in [6.07, 6.45) is 2.50. The van der Waals surface area contributed by atoms with Crippen molar-refractivity contribution in [1.29, 1.82) is 0 Å². The first-order chi connectivity index (χ1) is 8.20. The quantitative estimate of drug-likeness (QED) is 0.896. The van der Waals surface area contributed by atoms with E-state index < -0.39 is 0 Å². The Hall–Kier alpha value is -1.33. The van der Waals surface area contributed by atoms with Gasteiger partial charge in [0.2, 0.25) is 0 Å². The molecule has 4 nitrogen and oxygen atoms in total. The topological polar surface area (TPSA) is 56.7 Å². The third kappa shape index (κ3) is 2.87. The van der Waals surface area contributed by atoms with Gasteiger partial charge in [-0.05, 0) is 43.1 Å². The summed E-state index contributed by atoms with van der Waals surface area (Å²) in [5.41, 5.74) is 8.17. The standard InChI is InChI=1S/C12H16N4S/c1-9-7-11(4-3-10(9)5-6-13)17-12-14-8-15-16(12)2/h3-4,7-8H,5-6,13H2,1-2H3. The fraction of sp³-hybridized carbons (Fsp3) is 0.333.